The maximum atomic E-state index is 8.70. The van der Waals surface area contributed by atoms with Crippen LogP contribution in [0.4, 0.5) is 0 Å². The molecule has 4 heteroatoms. The quantitative estimate of drug-likeness (QED) is 0.824. The van der Waals surface area contributed by atoms with Gasteiger partial charge in [0.1, 0.15) is 0 Å². The lowest BCUT2D eigenvalue weighted by atomic mass is 9.96. The summed E-state index contributed by atoms with van der Waals surface area (Å²) >= 11 is 0. The largest absolute Gasteiger partial charge is 0.692 e. The summed E-state index contributed by atoms with van der Waals surface area (Å²) in [5.74, 6) is 0. The first-order valence-electron chi connectivity index (χ1n) is 6.63. The zero-order valence-corrected chi connectivity index (χ0v) is 12.5. The minimum atomic E-state index is -2.87. The number of hydrogen-bond acceptors (Lipinski definition) is 1. The molecule has 0 fully saturated rings. The molecule has 0 atom stereocenters. The first-order chi connectivity index (χ1) is 9.65. The van der Waals surface area contributed by atoms with Crippen molar-refractivity contribution in [1.29, 1.82) is 0 Å². The van der Waals surface area contributed by atoms with E-state index in [-0.39, 0.29) is 0 Å². The third-order valence-corrected chi connectivity index (χ3v) is 2.90. The smallest absolute Gasteiger partial charge is 0.134 e. The lowest BCUT2D eigenvalue weighted by molar-refractivity contribution is 0.405. The topological polar surface area (TPSA) is 57.5 Å². The summed E-state index contributed by atoms with van der Waals surface area (Å²) in [6.07, 6.45) is 3.70. The predicted molar refractivity (Wildman–Crippen MR) is 82.5 cm³/mol. The predicted octanol–water partition coefficient (Wildman–Crippen LogP) is 4.32. The molecular formula is C16H20O3P+. The molecule has 0 radical (unpaired) electrons. The van der Waals surface area contributed by atoms with Crippen molar-refractivity contribution in [2.24, 2.45) is 0 Å². The second-order valence-electron chi connectivity index (χ2n) is 4.38. The Hall–Kier alpha value is -1.54. The highest BCUT2D eigenvalue weighted by molar-refractivity contribution is 7.30. The molecule has 2 aromatic rings. The van der Waals surface area contributed by atoms with Crippen molar-refractivity contribution in [1.82, 2.24) is 0 Å². The van der Waals surface area contributed by atoms with Crippen LogP contribution >= 0.6 is 8.25 Å². The van der Waals surface area contributed by atoms with Gasteiger partial charge in [0, 0.05) is 4.57 Å². The third kappa shape index (κ3) is 6.07. The Morgan fingerprint density at radius 3 is 2.10 bits per heavy atom. The van der Waals surface area contributed by atoms with E-state index in [1.165, 1.54) is 36.0 Å². The van der Waals surface area contributed by atoms with Gasteiger partial charge in [-0.3, -0.25) is 0 Å². The van der Waals surface area contributed by atoms with E-state index in [1.54, 1.807) is 0 Å². The standard InChI is InChI=1S/C16H18.HO3P/c1-2-3-9-14-12-7-8-13-16(14)15-10-5-4-6-11-15;1-4(2)3/h4-8,10-13H,2-3,9H2,1H3;(H-,1,2,3)/p+1. The number of aryl methyl sites for hydroxylation is 1. The highest BCUT2D eigenvalue weighted by atomic mass is 31.1. The Balaban J connectivity index is 0.000000444. The fourth-order valence-electron chi connectivity index (χ4n) is 2.00. The molecular weight excluding hydrogens is 271 g/mol. The maximum absolute atomic E-state index is 8.70. The van der Waals surface area contributed by atoms with Crippen molar-refractivity contribution in [2.75, 3.05) is 0 Å². The average molecular weight is 291 g/mol. The van der Waals surface area contributed by atoms with Gasteiger partial charge in [0.2, 0.25) is 0 Å². The Bertz CT molecular complexity index is 522. The second-order valence-corrected chi connectivity index (χ2v) is 4.88. The normalized spacial score (nSPS) is 9.55. The van der Waals surface area contributed by atoms with E-state index < -0.39 is 8.25 Å². The lowest BCUT2D eigenvalue weighted by Gasteiger charge is -2.08. The molecule has 0 spiro atoms. The molecule has 0 unspecified atom stereocenters. The van der Waals surface area contributed by atoms with Gasteiger partial charge in [-0.05, 0) is 29.5 Å². The van der Waals surface area contributed by atoms with Gasteiger partial charge in [-0.25, -0.2) is 0 Å². The lowest BCUT2D eigenvalue weighted by Crippen LogP contribution is -1.89. The fraction of sp³-hybridized carbons (Fsp3) is 0.250. The summed E-state index contributed by atoms with van der Waals surface area (Å²) in [7, 11) is -2.87. The highest BCUT2D eigenvalue weighted by Gasteiger charge is 2.02. The summed E-state index contributed by atoms with van der Waals surface area (Å²) in [6.45, 7) is 2.24. The highest BCUT2D eigenvalue weighted by Crippen LogP contribution is 2.24. The molecule has 0 amide bonds. The van der Waals surface area contributed by atoms with Crippen molar-refractivity contribution in [2.45, 2.75) is 26.2 Å². The zero-order valence-electron chi connectivity index (χ0n) is 11.6. The van der Waals surface area contributed by atoms with Crippen LogP contribution in [0.1, 0.15) is 25.3 Å². The monoisotopic (exact) mass is 291 g/mol. The Labute approximate surface area is 120 Å². The van der Waals surface area contributed by atoms with Gasteiger partial charge in [0.15, 0.2) is 0 Å². The van der Waals surface area contributed by atoms with Crippen LogP contribution in [0.3, 0.4) is 0 Å². The molecule has 0 aliphatic carbocycles. The van der Waals surface area contributed by atoms with Crippen LogP contribution < -0.4 is 0 Å². The molecule has 0 aromatic heterocycles. The Morgan fingerprint density at radius 2 is 1.50 bits per heavy atom. The van der Waals surface area contributed by atoms with Crippen molar-refractivity contribution < 1.29 is 14.4 Å². The van der Waals surface area contributed by atoms with Gasteiger partial charge in [-0.1, -0.05) is 67.9 Å². The van der Waals surface area contributed by atoms with Crippen LogP contribution in [0.5, 0.6) is 0 Å². The van der Waals surface area contributed by atoms with E-state index in [4.69, 9.17) is 14.4 Å². The van der Waals surface area contributed by atoms with Crippen molar-refractivity contribution >= 4 is 8.25 Å². The van der Waals surface area contributed by atoms with E-state index in [0.717, 1.165) is 0 Å². The average Bonchev–Trinajstić information content (AvgIpc) is 2.46. The molecule has 0 saturated carbocycles. The molecule has 3 nitrogen and oxygen atoms in total. The summed E-state index contributed by atoms with van der Waals surface area (Å²) < 4.78 is 8.70. The van der Waals surface area contributed by atoms with Gasteiger partial charge in [0.05, 0.1) is 0 Å². The van der Waals surface area contributed by atoms with Gasteiger partial charge < -0.3 is 0 Å². The van der Waals surface area contributed by atoms with Crippen molar-refractivity contribution in [3.05, 3.63) is 60.2 Å². The molecule has 0 saturated heterocycles. The summed E-state index contributed by atoms with van der Waals surface area (Å²) in [6, 6.07) is 19.4. The molecule has 0 aliphatic rings. The fourth-order valence-corrected chi connectivity index (χ4v) is 2.00. The number of unbranched alkanes of at least 4 members (excludes halogenated alkanes) is 1. The Morgan fingerprint density at radius 1 is 0.950 bits per heavy atom. The molecule has 106 valence electrons. The van der Waals surface area contributed by atoms with Gasteiger partial charge in [-0.2, -0.15) is 0 Å². The van der Waals surface area contributed by atoms with Crippen LogP contribution in [-0.2, 0) is 11.0 Å². The van der Waals surface area contributed by atoms with Crippen LogP contribution in [0, 0.1) is 0 Å². The third-order valence-electron chi connectivity index (χ3n) is 2.90. The Kier molecular flexibility index (Phi) is 7.74. The molecule has 0 aliphatic heterocycles. The molecule has 2 rings (SSSR count). The van der Waals surface area contributed by atoms with E-state index in [9.17, 15) is 0 Å². The minimum Gasteiger partial charge on any atom is -0.134 e. The molecule has 0 bridgehead atoms. The summed E-state index contributed by atoms with van der Waals surface area (Å²) in [5, 5.41) is 0. The van der Waals surface area contributed by atoms with Gasteiger partial charge >= 0.3 is 8.25 Å². The number of benzene rings is 2. The zero-order chi connectivity index (χ0) is 14.8. The van der Waals surface area contributed by atoms with Crippen LogP contribution in [-0.4, -0.2) is 9.79 Å². The van der Waals surface area contributed by atoms with E-state index >= 15 is 0 Å². The van der Waals surface area contributed by atoms with Crippen LogP contribution in [0.2, 0.25) is 0 Å². The summed E-state index contributed by atoms with van der Waals surface area (Å²) in [4.78, 5) is 14.2. The van der Waals surface area contributed by atoms with E-state index in [0.29, 0.717) is 0 Å². The number of hydrogen-bond donors (Lipinski definition) is 2. The SMILES string of the molecule is CCCCc1ccccc1-c1ccccc1.O=[P+](O)O. The number of rotatable bonds is 4. The maximum Gasteiger partial charge on any atom is 0.692 e. The summed E-state index contributed by atoms with van der Waals surface area (Å²) in [5.41, 5.74) is 4.18. The molecule has 2 N–H and O–H groups in total. The van der Waals surface area contributed by atoms with Gasteiger partial charge in [0.25, 0.3) is 0 Å². The van der Waals surface area contributed by atoms with E-state index in [1.807, 2.05) is 0 Å². The van der Waals surface area contributed by atoms with Crippen molar-refractivity contribution in [3.63, 3.8) is 0 Å². The van der Waals surface area contributed by atoms with E-state index in [2.05, 4.69) is 61.5 Å². The van der Waals surface area contributed by atoms with Gasteiger partial charge in [-0.15, -0.1) is 9.79 Å². The molecule has 0 heterocycles. The van der Waals surface area contributed by atoms with Crippen LogP contribution in [0.15, 0.2) is 54.6 Å². The first-order valence-corrected chi connectivity index (χ1v) is 7.80. The second kappa shape index (κ2) is 9.38. The van der Waals surface area contributed by atoms with Crippen LogP contribution in [0.25, 0.3) is 11.1 Å². The van der Waals surface area contributed by atoms with Crippen molar-refractivity contribution in [3.8, 4) is 11.1 Å². The molecule has 2 aromatic carbocycles. The minimum absolute atomic E-state index is 1.18. The first kappa shape index (κ1) is 16.5. The molecule has 20 heavy (non-hydrogen) atoms.